The molecule has 2 aliphatic carbocycles. The zero-order valence-corrected chi connectivity index (χ0v) is 11.6. The normalized spacial score (nSPS) is 35.3. The highest BCUT2D eigenvalue weighted by Crippen LogP contribution is 2.38. The number of ether oxygens (including phenoxy) is 1. The van der Waals surface area contributed by atoms with E-state index in [1.54, 1.807) is 0 Å². The molecule has 0 amide bonds. The van der Waals surface area contributed by atoms with Crippen LogP contribution in [-0.4, -0.2) is 24.8 Å². The summed E-state index contributed by atoms with van der Waals surface area (Å²) in [5.41, 5.74) is 0.155. The van der Waals surface area contributed by atoms with E-state index in [4.69, 9.17) is 4.74 Å². The lowest BCUT2D eigenvalue weighted by Crippen LogP contribution is -2.48. The molecule has 2 aliphatic rings. The van der Waals surface area contributed by atoms with Crippen LogP contribution in [0.1, 0.15) is 65.2 Å². The Labute approximate surface area is 107 Å². The Morgan fingerprint density at radius 2 is 1.94 bits per heavy atom. The van der Waals surface area contributed by atoms with Crippen molar-refractivity contribution in [2.45, 2.75) is 76.9 Å². The number of likely N-dealkylation sites (N-methyl/N-ethyl adjacent to an activating group) is 1. The van der Waals surface area contributed by atoms with Gasteiger partial charge in [-0.2, -0.15) is 0 Å². The van der Waals surface area contributed by atoms with E-state index in [2.05, 4.69) is 19.2 Å². The van der Waals surface area contributed by atoms with Crippen molar-refractivity contribution >= 4 is 0 Å². The predicted molar refractivity (Wildman–Crippen MR) is 72.2 cm³/mol. The highest BCUT2D eigenvalue weighted by Gasteiger charge is 2.38. The largest absolute Gasteiger partial charge is 0.370 e. The van der Waals surface area contributed by atoms with Crippen molar-refractivity contribution in [2.24, 2.45) is 5.92 Å². The third kappa shape index (κ3) is 3.69. The molecule has 0 aromatic heterocycles. The summed E-state index contributed by atoms with van der Waals surface area (Å²) in [4.78, 5) is 0. The lowest BCUT2D eigenvalue weighted by molar-refractivity contribution is -0.117. The maximum Gasteiger partial charge on any atom is 0.0812 e. The minimum absolute atomic E-state index is 0.155. The summed E-state index contributed by atoms with van der Waals surface area (Å²) >= 11 is 0. The van der Waals surface area contributed by atoms with Gasteiger partial charge in [0.25, 0.3) is 0 Å². The molecular weight excluding hydrogens is 210 g/mol. The van der Waals surface area contributed by atoms with Crippen LogP contribution in [0.25, 0.3) is 0 Å². The molecule has 2 fully saturated rings. The second-order valence-electron chi connectivity index (χ2n) is 6.19. The third-order valence-corrected chi connectivity index (χ3v) is 4.47. The first-order valence-electron chi connectivity index (χ1n) is 7.63. The van der Waals surface area contributed by atoms with Gasteiger partial charge in [0, 0.05) is 6.54 Å². The highest BCUT2D eigenvalue weighted by atomic mass is 16.5. The highest BCUT2D eigenvalue weighted by molar-refractivity contribution is 4.90. The predicted octanol–water partition coefficient (Wildman–Crippen LogP) is 3.50. The van der Waals surface area contributed by atoms with Crippen molar-refractivity contribution in [1.29, 1.82) is 0 Å². The van der Waals surface area contributed by atoms with Crippen LogP contribution in [0.4, 0.5) is 0 Å². The Bertz CT molecular complexity index is 225. The summed E-state index contributed by atoms with van der Waals surface area (Å²) in [6.45, 7) is 6.70. The Morgan fingerprint density at radius 3 is 2.59 bits per heavy atom. The van der Waals surface area contributed by atoms with Crippen LogP contribution in [0.5, 0.6) is 0 Å². The fourth-order valence-electron chi connectivity index (χ4n) is 3.63. The fourth-order valence-corrected chi connectivity index (χ4v) is 3.63. The van der Waals surface area contributed by atoms with Crippen molar-refractivity contribution in [2.75, 3.05) is 13.1 Å². The summed E-state index contributed by atoms with van der Waals surface area (Å²) in [5.74, 6) is 0.837. The zero-order chi connectivity index (χ0) is 12.1. The van der Waals surface area contributed by atoms with Crippen LogP contribution in [0.2, 0.25) is 0 Å². The summed E-state index contributed by atoms with van der Waals surface area (Å²) in [6, 6.07) is 0. The molecule has 0 saturated heterocycles. The maximum absolute atomic E-state index is 6.55. The van der Waals surface area contributed by atoms with Gasteiger partial charge in [-0.15, -0.1) is 0 Å². The standard InChI is InChI=1S/C15H29NO/c1-3-16-12-15(10-6-7-13(2)11-15)17-14-8-4-5-9-14/h13-14,16H,3-12H2,1-2H3. The van der Waals surface area contributed by atoms with Crippen molar-refractivity contribution in [3.63, 3.8) is 0 Å². The van der Waals surface area contributed by atoms with E-state index in [0.29, 0.717) is 6.10 Å². The van der Waals surface area contributed by atoms with Gasteiger partial charge in [-0.1, -0.05) is 39.5 Å². The molecule has 100 valence electrons. The van der Waals surface area contributed by atoms with Gasteiger partial charge in [-0.25, -0.2) is 0 Å². The van der Waals surface area contributed by atoms with Gasteiger partial charge in [0.05, 0.1) is 11.7 Å². The van der Waals surface area contributed by atoms with E-state index < -0.39 is 0 Å². The first-order chi connectivity index (χ1) is 8.24. The molecule has 0 radical (unpaired) electrons. The summed E-state index contributed by atoms with van der Waals surface area (Å²) in [7, 11) is 0. The summed E-state index contributed by atoms with van der Waals surface area (Å²) in [5, 5.41) is 3.53. The van der Waals surface area contributed by atoms with Gasteiger partial charge in [-0.05, 0) is 38.1 Å². The van der Waals surface area contributed by atoms with Crippen molar-refractivity contribution in [3.8, 4) is 0 Å². The van der Waals surface area contributed by atoms with Crippen LogP contribution in [0, 0.1) is 5.92 Å². The first kappa shape index (κ1) is 13.4. The smallest absolute Gasteiger partial charge is 0.0812 e. The quantitative estimate of drug-likeness (QED) is 0.793. The molecule has 2 saturated carbocycles. The van der Waals surface area contributed by atoms with E-state index in [1.165, 1.54) is 51.4 Å². The first-order valence-corrected chi connectivity index (χ1v) is 7.63. The molecule has 2 atom stereocenters. The topological polar surface area (TPSA) is 21.3 Å². The minimum atomic E-state index is 0.155. The summed E-state index contributed by atoms with van der Waals surface area (Å²) in [6.07, 6.45) is 11.1. The average molecular weight is 239 g/mol. The SMILES string of the molecule is CCNCC1(OC2CCCC2)CCCC(C)C1. The van der Waals surface area contributed by atoms with Crippen LogP contribution >= 0.6 is 0 Å². The number of hydrogen-bond donors (Lipinski definition) is 1. The molecule has 2 heteroatoms. The summed E-state index contributed by atoms with van der Waals surface area (Å²) < 4.78 is 6.55. The molecule has 2 nitrogen and oxygen atoms in total. The Hall–Kier alpha value is -0.0800. The van der Waals surface area contributed by atoms with Crippen molar-refractivity contribution in [3.05, 3.63) is 0 Å². The number of rotatable bonds is 5. The van der Waals surface area contributed by atoms with E-state index in [1.807, 2.05) is 0 Å². The number of hydrogen-bond acceptors (Lipinski definition) is 2. The van der Waals surface area contributed by atoms with Gasteiger partial charge in [0.1, 0.15) is 0 Å². The fraction of sp³-hybridized carbons (Fsp3) is 1.00. The van der Waals surface area contributed by atoms with Gasteiger partial charge in [-0.3, -0.25) is 0 Å². The van der Waals surface area contributed by atoms with Crippen molar-refractivity contribution < 1.29 is 4.74 Å². The van der Waals surface area contributed by atoms with Crippen LogP contribution in [-0.2, 0) is 4.74 Å². The third-order valence-electron chi connectivity index (χ3n) is 4.47. The molecule has 2 unspecified atom stereocenters. The average Bonchev–Trinajstić information content (AvgIpc) is 2.79. The van der Waals surface area contributed by atoms with E-state index >= 15 is 0 Å². The Kier molecular flexibility index (Phi) is 4.87. The van der Waals surface area contributed by atoms with Gasteiger partial charge >= 0.3 is 0 Å². The lowest BCUT2D eigenvalue weighted by Gasteiger charge is -2.42. The monoisotopic (exact) mass is 239 g/mol. The lowest BCUT2D eigenvalue weighted by atomic mass is 9.78. The second-order valence-corrected chi connectivity index (χ2v) is 6.19. The Morgan fingerprint density at radius 1 is 1.18 bits per heavy atom. The molecule has 0 spiro atoms. The van der Waals surface area contributed by atoms with Gasteiger partial charge < -0.3 is 10.1 Å². The van der Waals surface area contributed by atoms with Crippen molar-refractivity contribution in [1.82, 2.24) is 5.32 Å². The number of nitrogens with one attached hydrogen (secondary N) is 1. The van der Waals surface area contributed by atoms with E-state index in [-0.39, 0.29) is 5.60 Å². The van der Waals surface area contributed by atoms with Crippen LogP contribution in [0.15, 0.2) is 0 Å². The molecule has 0 bridgehead atoms. The molecule has 1 N–H and O–H groups in total. The molecule has 0 aromatic carbocycles. The molecule has 17 heavy (non-hydrogen) atoms. The van der Waals surface area contributed by atoms with Crippen LogP contribution < -0.4 is 5.32 Å². The van der Waals surface area contributed by atoms with E-state index in [9.17, 15) is 0 Å². The molecule has 0 aromatic rings. The molecule has 0 heterocycles. The minimum Gasteiger partial charge on any atom is -0.370 e. The van der Waals surface area contributed by atoms with Gasteiger partial charge in [0.15, 0.2) is 0 Å². The zero-order valence-electron chi connectivity index (χ0n) is 11.6. The second kappa shape index (κ2) is 6.19. The van der Waals surface area contributed by atoms with E-state index in [0.717, 1.165) is 19.0 Å². The maximum atomic E-state index is 6.55. The molecule has 2 rings (SSSR count). The Balaban J connectivity index is 1.94. The molecular formula is C15H29NO. The molecule has 0 aliphatic heterocycles. The van der Waals surface area contributed by atoms with Crippen LogP contribution in [0.3, 0.4) is 0 Å². The van der Waals surface area contributed by atoms with Gasteiger partial charge in [0.2, 0.25) is 0 Å².